The summed E-state index contributed by atoms with van der Waals surface area (Å²) in [6.07, 6.45) is 1.52. The Morgan fingerprint density at radius 1 is 1.55 bits per heavy atom. The summed E-state index contributed by atoms with van der Waals surface area (Å²) >= 11 is 9.85. The first kappa shape index (κ1) is 15.1. The van der Waals surface area contributed by atoms with Crippen LogP contribution in [0.1, 0.15) is 21.6 Å². The molecule has 0 aliphatic heterocycles. The van der Waals surface area contributed by atoms with Crippen LogP contribution in [0.15, 0.2) is 33.6 Å². The number of thiophene rings is 1. The summed E-state index contributed by atoms with van der Waals surface area (Å²) in [5.74, 6) is -0.137. The summed E-state index contributed by atoms with van der Waals surface area (Å²) in [6, 6.07) is 5.34. The fraction of sp³-hybridized carbons (Fsp3) is 0.154. The molecule has 2 rings (SSSR count). The molecule has 4 nitrogen and oxygen atoms in total. The Balaban J connectivity index is 2.08. The van der Waals surface area contributed by atoms with Gasteiger partial charge >= 0.3 is 0 Å². The molecule has 2 N–H and O–H groups in total. The number of rotatable bonds is 4. The van der Waals surface area contributed by atoms with Gasteiger partial charge in [0.15, 0.2) is 0 Å². The van der Waals surface area contributed by atoms with E-state index in [9.17, 15) is 4.79 Å². The van der Waals surface area contributed by atoms with Gasteiger partial charge in [0.05, 0.1) is 3.79 Å². The van der Waals surface area contributed by atoms with Gasteiger partial charge in [-0.05, 0) is 45.1 Å². The smallest absolute Gasteiger partial charge is 0.272 e. The van der Waals surface area contributed by atoms with Crippen LogP contribution in [-0.2, 0) is 6.54 Å². The van der Waals surface area contributed by atoms with Crippen LogP contribution in [0.2, 0.25) is 0 Å². The number of amides is 1. The monoisotopic (exact) mass is 369 g/mol. The molecule has 0 fully saturated rings. The molecule has 1 amide bonds. The molecule has 0 aromatic carbocycles. The number of carbonyl (C=O) groups excluding carboxylic acids is 1. The van der Waals surface area contributed by atoms with Crippen LogP contribution in [0.25, 0.3) is 0 Å². The van der Waals surface area contributed by atoms with Crippen LogP contribution < -0.4 is 5.73 Å². The lowest BCUT2D eigenvalue weighted by Gasteiger charge is -2.15. The van der Waals surface area contributed by atoms with E-state index in [0.29, 0.717) is 17.8 Å². The lowest BCUT2D eigenvalue weighted by atomic mass is 10.2. The molecule has 0 bridgehead atoms. The Kier molecular flexibility index (Phi) is 4.85. The Morgan fingerprint density at radius 3 is 2.80 bits per heavy atom. The third-order valence-corrected chi connectivity index (χ3v) is 4.44. The first-order valence-corrected chi connectivity index (χ1v) is 7.79. The second kappa shape index (κ2) is 6.43. The van der Waals surface area contributed by atoms with Gasteiger partial charge in [0.2, 0.25) is 0 Å². The zero-order valence-corrected chi connectivity index (χ0v) is 13.9. The van der Waals surface area contributed by atoms with Gasteiger partial charge < -0.3 is 10.6 Å². The topological polar surface area (TPSA) is 59.2 Å². The highest BCUT2D eigenvalue weighted by Gasteiger charge is 2.14. The van der Waals surface area contributed by atoms with E-state index in [-0.39, 0.29) is 10.9 Å². The Morgan fingerprint density at radius 2 is 2.30 bits per heavy atom. The van der Waals surface area contributed by atoms with Crippen molar-refractivity contribution >= 4 is 50.4 Å². The van der Waals surface area contributed by atoms with E-state index in [1.54, 1.807) is 35.4 Å². The molecule has 0 aliphatic rings. The molecule has 7 heteroatoms. The lowest BCUT2D eigenvalue weighted by Crippen LogP contribution is -2.27. The van der Waals surface area contributed by atoms with Gasteiger partial charge in [0.1, 0.15) is 10.7 Å². The van der Waals surface area contributed by atoms with E-state index >= 15 is 0 Å². The second-order valence-electron chi connectivity index (χ2n) is 4.22. The third kappa shape index (κ3) is 3.62. The van der Waals surface area contributed by atoms with Crippen LogP contribution in [0.4, 0.5) is 0 Å². The quantitative estimate of drug-likeness (QED) is 0.841. The molecule has 2 aromatic rings. The molecule has 20 heavy (non-hydrogen) atoms. The van der Waals surface area contributed by atoms with Crippen molar-refractivity contribution in [1.29, 1.82) is 0 Å². The highest BCUT2D eigenvalue weighted by Crippen LogP contribution is 2.21. The maximum Gasteiger partial charge on any atom is 0.272 e. The number of thiocarbonyl (C=S) groups is 1. The molecule has 0 aliphatic carbocycles. The molecule has 0 atom stereocenters. The number of nitrogens with zero attached hydrogens (tertiary/aromatic N) is 2. The van der Waals surface area contributed by atoms with E-state index in [4.69, 9.17) is 18.0 Å². The summed E-state index contributed by atoms with van der Waals surface area (Å²) in [6.45, 7) is 0.541. The van der Waals surface area contributed by atoms with Gasteiger partial charge in [-0.3, -0.25) is 9.78 Å². The first-order chi connectivity index (χ1) is 9.47. The molecule has 0 saturated carbocycles. The van der Waals surface area contributed by atoms with Gasteiger partial charge in [-0.1, -0.05) is 12.2 Å². The number of carbonyl (C=O) groups is 1. The van der Waals surface area contributed by atoms with Crippen molar-refractivity contribution in [1.82, 2.24) is 9.88 Å². The normalized spacial score (nSPS) is 10.3. The Hall–Kier alpha value is -1.31. The number of halogens is 1. The summed E-state index contributed by atoms with van der Waals surface area (Å²) in [5.41, 5.74) is 7.61. The van der Waals surface area contributed by atoms with Crippen LogP contribution in [-0.4, -0.2) is 27.8 Å². The number of nitrogens with two attached hydrogens (primary N) is 1. The number of aromatic nitrogens is 1. The molecular weight excluding hydrogens is 358 g/mol. The van der Waals surface area contributed by atoms with Crippen LogP contribution in [0, 0.1) is 0 Å². The van der Waals surface area contributed by atoms with Crippen LogP contribution in [0.5, 0.6) is 0 Å². The zero-order valence-electron chi connectivity index (χ0n) is 10.7. The van der Waals surface area contributed by atoms with Crippen molar-refractivity contribution in [2.45, 2.75) is 6.54 Å². The van der Waals surface area contributed by atoms with Crippen LogP contribution >= 0.6 is 39.5 Å². The maximum atomic E-state index is 12.2. The summed E-state index contributed by atoms with van der Waals surface area (Å²) < 4.78 is 1.05. The van der Waals surface area contributed by atoms with Crippen molar-refractivity contribution in [3.63, 3.8) is 0 Å². The van der Waals surface area contributed by atoms with E-state index < -0.39 is 0 Å². The standard InChI is InChI=1S/C13H12BrN3OS2/c1-17(6-8-4-11(14)20-7-8)13(18)10-3-2-9(5-16-10)12(15)19/h2-5,7H,6H2,1H3,(H2,15,19). The van der Waals surface area contributed by atoms with E-state index in [0.717, 1.165) is 9.35 Å². The Bertz CT molecular complexity index is 639. The van der Waals surface area contributed by atoms with E-state index in [2.05, 4.69) is 20.9 Å². The summed E-state index contributed by atoms with van der Waals surface area (Å²) in [4.78, 5) is 18.2. The average Bonchev–Trinajstić information content (AvgIpc) is 2.83. The van der Waals surface area contributed by atoms with Crippen LogP contribution in [0.3, 0.4) is 0 Å². The first-order valence-electron chi connectivity index (χ1n) is 5.71. The highest BCUT2D eigenvalue weighted by molar-refractivity contribution is 9.11. The summed E-state index contributed by atoms with van der Waals surface area (Å²) in [7, 11) is 1.75. The number of hydrogen-bond donors (Lipinski definition) is 1. The fourth-order valence-corrected chi connectivity index (χ4v) is 2.96. The molecule has 104 valence electrons. The molecule has 0 spiro atoms. The Labute approximate surface area is 134 Å². The largest absolute Gasteiger partial charge is 0.389 e. The van der Waals surface area contributed by atoms with Crippen molar-refractivity contribution in [3.05, 3.63) is 50.4 Å². The fourth-order valence-electron chi connectivity index (χ4n) is 1.64. The maximum absolute atomic E-state index is 12.2. The number of pyridine rings is 1. The number of hydrogen-bond acceptors (Lipinski definition) is 4. The van der Waals surface area contributed by atoms with E-state index in [1.807, 2.05) is 11.4 Å². The minimum Gasteiger partial charge on any atom is -0.389 e. The molecule has 0 radical (unpaired) electrons. The average molecular weight is 370 g/mol. The van der Waals surface area contributed by atoms with Gasteiger partial charge in [-0.2, -0.15) is 0 Å². The van der Waals surface area contributed by atoms with Crippen molar-refractivity contribution in [3.8, 4) is 0 Å². The highest BCUT2D eigenvalue weighted by atomic mass is 79.9. The van der Waals surface area contributed by atoms with Gasteiger partial charge in [-0.15, -0.1) is 11.3 Å². The predicted molar refractivity (Wildman–Crippen MR) is 87.9 cm³/mol. The lowest BCUT2D eigenvalue weighted by molar-refractivity contribution is 0.0779. The minimum absolute atomic E-state index is 0.137. The van der Waals surface area contributed by atoms with E-state index in [1.165, 1.54) is 6.20 Å². The van der Waals surface area contributed by atoms with Gasteiger partial charge in [-0.25, -0.2) is 0 Å². The van der Waals surface area contributed by atoms with Crippen molar-refractivity contribution in [2.24, 2.45) is 5.73 Å². The molecule has 0 unspecified atom stereocenters. The van der Waals surface area contributed by atoms with Gasteiger partial charge in [0.25, 0.3) is 5.91 Å². The SMILES string of the molecule is CN(Cc1csc(Br)c1)C(=O)c1ccc(C(N)=S)cn1. The summed E-state index contributed by atoms with van der Waals surface area (Å²) in [5, 5.41) is 2.01. The third-order valence-electron chi connectivity index (χ3n) is 2.66. The minimum atomic E-state index is -0.137. The zero-order chi connectivity index (χ0) is 14.7. The molecule has 0 saturated heterocycles. The predicted octanol–water partition coefficient (Wildman–Crippen LogP) is 2.81. The molecule has 2 aromatic heterocycles. The van der Waals surface area contributed by atoms with Crippen molar-refractivity contribution in [2.75, 3.05) is 7.05 Å². The molecule has 2 heterocycles. The molecular formula is C13H12BrN3OS2. The van der Waals surface area contributed by atoms with Crippen molar-refractivity contribution < 1.29 is 4.79 Å². The van der Waals surface area contributed by atoms with Gasteiger partial charge in [0, 0.05) is 25.4 Å². The second-order valence-corrected chi connectivity index (χ2v) is 6.95.